The zero-order valence-electron chi connectivity index (χ0n) is 13.2. The molecule has 1 saturated carbocycles. The van der Waals surface area contributed by atoms with Crippen LogP contribution in [-0.2, 0) is 11.3 Å². The summed E-state index contributed by atoms with van der Waals surface area (Å²) in [6, 6.07) is 5.93. The summed E-state index contributed by atoms with van der Waals surface area (Å²) in [4.78, 5) is 11.8. The summed E-state index contributed by atoms with van der Waals surface area (Å²) < 4.78 is 8.29. The van der Waals surface area contributed by atoms with Crippen molar-refractivity contribution in [2.24, 2.45) is 0 Å². The van der Waals surface area contributed by atoms with E-state index in [1.807, 2.05) is 12.1 Å². The van der Waals surface area contributed by atoms with Crippen LogP contribution < -0.4 is 0 Å². The highest BCUT2D eigenvalue weighted by atomic mass is 79.9. The van der Waals surface area contributed by atoms with Gasteiger partial charge in [-0.15, -0.1) is 0 Å². The molecule has 1 aliphatic carbocycles. The van der Waals surface area contributed by atoms with Gasteiger partial charge in [0.1, 0.15) is 0 Å². The Kier molecular flexibility index (Phi) is 4.57. The largest absolute Gasteiger partial charge is 0.465 e. The van der Waals surface area contributed by atoms with E-state index in [1.54, 1.807) is 0 Å². The number of ether oxygens (including phenoxy) is 1. The number of carbonyl (C=O) groups is 1. The molecule has 4 heteroatoms. The van der Waals surface area contributed by atoms with Crippen molar-refractivity contribution in [2.75, 3.05) is 7.11 Å². The van der Waals surface area contributed by atoms with Crippen molar-refractivity contribution in [3.05, 3.63) is 33.9 Å². The Morgan fingerprint density at radius 2 is 2.05 bits per heavy atom. The Bertz CT molecular complexity index is 699. The number of methoxy groups -OCH3 is 1. The van der Waals surface area contributed by atoms with Crippen molar-refractivity contribution < 1.29 is 9.53 Å². The van der Waals surface area contributed by atoms with Gasteiger partial charge in [0, 0.05) is 11.9 Å². The van der Waals surface area contributed by atoms with Gasteiger partial charge in [0.15, 0.2) is 0 Å². The summed E-state index contributed by atoms with van der Waals surface area (Å²) in [6.45, 7) is 3.02. The number of benzene rings is 1. The minimum atomic E-state index is -0.277. The van der Waals surface area contributed by atoms with Gasteiger partial charge in [0.2, 0.25) is 0 Å². The number of rotatable bonds is 3. The van der Waals surface area contributed by atoms with Crippen molar-refractivity contribution in [1.29, 1.82) is 0 Å². The average Bonchev–Trinajstić information content (AvgIpc) is 2.85. The molecule has 1 heterocycles. The van der Waals surface area contributed by atoms with Gasteiger partial charge >= 0.3 is 5.97 Å². The van der Waals surface area contributed by atoms with Crippen LogP contribution in [0, 0.1) is 0 Å². The van der Waals surface area contributed by atoms with E-state index in [1.165, 1.54) is 54.8 Å². The van der Waals surface area contributed by atoms with Gasteiger partial charge < -0.3 is 9.30 Å². The van der Waals surface area contributed by atoms with Crippen LogP contribution in [-0.4, -0.2) is 17.6 Å². The molecule has 1 aromatic heterocycles. The molecule has 0 saturated heterocycles. The first-order valence-electron chi connectivity index (χ1n) is 8.07. The van der Waals surface area contributed by atoms with Crippen molar-refractivity contribution in [1.82, 2.24) is 4.57 Å². The predicted molar refractivity (Wildman–Crippen MR) is 92.5 cm³/mol. The molecule has 22 heavy (non-hydrogen) atoms. The van der Waals surface area contributed by atoms with E-state index in [-0.39, 0.29) is 5.97 Å². The Hall–Kier alpha value is -1.29. The number of aryl methyl sites for hydroxylation is 1. The highest BCUT2D eigenvalue weighted by molar-refractivity contribution is 9.10. The SMILES string of the molecule is CCn1c(Br)c(C2CCCCC2)c2ccc(C(=O)OC)cc21. The van der Waals surface area contributed by atoms with E-state index in [4.69, 9.17) is 4.74 Å². The van der Waals surface area contributed by atoms with Gasteiger partial charge in [0.05, 0.1) is 22.8 Å². The van der Waals surface area contributed by atoms with Crippen molar-refractivity contribution in [3.8, 4) is 0 Å². The molecule has 0 N–H and O–H groups in total. The van der Waals surface area contributed by atoms with E-state index in [9.17, 15) is 4.79 Å². The number of carbonyl (C=O) groups excluding carboxylic acids is 1. The van der Waals surface area contributed by atoms with Crippen LogP contribution in [0.1, 0.15) is 60.9 Å². The Morgan fingerprint density at radius 1 is 1.32 bits per heavy atom. The molecule has 2 aromatic rings. The maximum Gasteiger partial charge on any atom is 0.337 e. The lowest BCUT2D eigenvalue weighted by Crippen LogP contribution is -2.05. The Labute approximate surface area is 139 Å². The van der Waals surface area contributed by atoms with Crippen LogP contribution in [0.15, 0.2) is 22.8 Å². The third kappa shape index (κ3) is 2.58. The van der Waals surface area contributed by atoms with Crippen LogP contribution in [0.4, 0.5) is 0 Å². The minimum Gasteiger partial charge on any atom is -0.465 e. The fraction of sp³-hybridized carbons (Fsp3) is 0.500. The summed E-state index contributed by atoms with van der Waals surface area (Å²) in [5.41, 5.74) is 3.16. The molecule has 0 bridgehead atoms. The van der Waals surface area contributed by atoms with Gasteiger partial charge in [-0.3, -0.25) is 0 Å². The summed E-state index contributed by atoms with van der Waals surface area (Å²) in [6.07, 6.45) is 6.51. The van der Waals surface area contributed by atoms with Crippen LogP contribution in [0.25, 0.3) is 10.9 Å². The van der Waals surface area contributed by atoms with Crippen molar-refractivity contribution >= 4 is 32.8 Å². The van der Waals surface area contributed by atoms with Crippen LogP contribution in [0.3, 0.4) is 0 Å². The summed E-state index contributed by atoms with van der Waals surface area (Å²) in [7, 11) is 1.43. The molecular formula is C18H22BrNO2. The molecular weight excluding hydrogens is 342 g/mol. The van der Waals surface area contributed by atoms with Gasteiger partial charge in [-0.2, -0.15) is 0 Å². The molecule has 0 aliphatic heterocycles. The quantitative estimate of drug-likeness (QED) is 0.696. The van der Waals surface area contributed by atoms with E-state index in [2.05, 4.69) is 33.5 Å². The lowest BCUT2D eigenvalue weighted by atomic mass is 9.84. The number of nitrogens with zero attached hydrogens (tertiary/aromatic N) is 1. The number of esters is 1. The first-order valence-corrected chi connectivity index (χ1v) is 8.86. The molecule has 1 fully saturated rings. The van der Waals surface area contributed by atoms with Gasteiger partial charge in [0.25, 0.3) is 0 Å². The number of aromatic nitrogens is 1. The normalized spacial score (nSPS) is 16.1. The second-order valence-corrected chi connectivity index (χ2v) is 6.76. The number of fused-ring (bicyclic) bond motifs is 1. The monoisotopic (exact) mass is 363 g/mol. The third-order valence-electron chi connectivity index (χ3n) is 4.79. The predicted octanol–water partition coefficient (Wildman–Crippen LogP) is 5.26. The molecule has 0 spiro atoms. The fourth-order valence-corrected chi connectivity index (χ4v) is 4.66. The first-order chi connectivity index (χ1) is 10.7. The molecule has 1 aliphatic rings. The molecule has 0 amide bonds. The van der Waals surface area contributed by atoms with Crippen molar-refractivity contribution in [2.45, 2.75) is 51.5 Å². The maximum atomic E-state index is 11.8. The minimum absolute atomic E-state index is 0.277. The lowest BCUT2D eigenvalue weighted by molar-refractivity contribution is 0.0601. The van der Waals surface area contributed by atoms with E-state index in [0.29, 0.717) is 11.5 Å². The Morgan fingerprint density at radius 3 is 2.68 bits per heavy atom. The molecule has 0 unspecified atom stereocenters. The molecule has 0 radical (unpaired) electrons. The topological polar surface area (TPSA) is 31.2 Å². The highest BCUT2D eigenvalue weighted by Gasteiger charge is 2.24. The van der Waals surface area contributed by atoms with Crippen molar-refractivity contribution in [3.63, 3.8) is 0 Å². The van der Waals surface area contributed by atoms with Gasteiger partial charge in [-0.05, 0) is 59.3 Å². The second-order valence-electron chi connectivity index (χ2n) is 6.01. The van der Waals surface area contributed by atoms with Crippen LogP contribution >= 0.6 is 15.9 Å². The molecule has 3 rings (SSSR count). The maximum absolute atomic E-state index is 11.8. The second kappa shape index (κ2) is 6.45. The first kappa shape index (κ1) is 15.6. The fourth-order valence-electron chi connectivity index (χ4n) is 3.68. The van der Waals surface area contributed by atoms with Crippen LogP contribution in [0.2, 0.25) is 0 Å². The van der Waals surface area contributed by atoms with E-state index >= 15 is 0 Å². The van der Waals surface area contributed by atoms with E-state index < -0.39 is 0 Å². The zero-order chi connectivity index (χ0) is 15.7. The van der Waals surface area contributed by atoms with Crippen LogP contribution in [0.5, 0.6) is 0 Å². The molecule has 1 aromatic carbocycles. The summed E-state index contributed by atoms with van der Waals surface area (Å²) >= 11 is 3.82. The molecule has 118 valence electrons. The molecule has 0 atom stereocenters. The number of halogens is 1. The zero-order valence-corrected chi connectivity index (χ0v) is 14.8. The number of hydrogen-bond acceptors (Lipinski definition) is 2. The van der Waals surface area contributed by atoms with Gasteiger partial charge in [-0.25, -0.2) is 4.79 Å². The average molecular weight is 364 g/mol. The highest BCUT2D eigenvalue weighted by Crippen LogP contribution is 2.42. The Balaban J connectivity index is 2.16. The lowest BCUT2D eigenvalue weighted by Gasteiger charge is -2.22. The third-order valence-corrected chi connectivity index (χ3v) is 5.64. The number of hydrogen-bond donors (Lipinski definition) is 0. The summed E-state index contributed by atoms with van der Waals surface area (Å²) in [5.74, 6) is 0.350. The summed E-state index contributed by atoms with van der Waals surface area (Å²) in [5, 5.41) is 1.27. The smallest absolute Gasteiger partial charge is 0.337 e. The molecule has 3 nitrogen and oxygen atoms in total. The van der Waals surface area contributed by atoms with Gasteiger partial charge in [-0.1, -0.05) is 25.3 Å². The van der Waals surface area contributed by atoms with E-state index in [0.717, 1.165) is 12.1 Å². The standard InChI is InChI=1S/C18H22BrNO2/c1-3-20-15-11-13(18(21)22-2)9-10-14(15)16(17(20)19)12-7-5-4-6-8-12/h9-12H,3-8H2,1-2H3.